The van der Waals surface area contributed by atoms with Crippen molar-refractivity contribution in [2.75, 3.05) is 13.2 Å². The van der Waals surface area contributed by atoms with Crippen LogP contribution in [0.3, 0.4) is 0 Å². The molecule has 0 saturated heterocycles. The van der Waals surface area contributed by atoms with E-state index in [0.29, 0.717) is 12.8 Å². The summed E-state index contributed by atoms with van der Waals surface area (Å²) in [5.74, 6) is -1.11. The summed E-state index contributed by atoms with van der Waals surface area (Å²) in [7, 11) is -5.12. The number of carbonyl (C=O) groups is 2. The third-order valence-electron chi connectivity index (χ3n) is 11.7. The van der Waals surface area contributed by atoms with Gasteiger partial charge in [0.15, 0.2) is 6.10 Å². The van der Waals surface area contributed by atoms with Crippen LogP contribution in [0.1, 0.15) is 213 Å². The first-order valence-electron chi connectivity index (χ1n) is 25.3. The van der Waals surface area contributed by atoms with E-state index < -0.39 is 75.7 Å². The lowest BCUT2D eigenvalue weighted by Gasteiger charge is -2.41. The van der Waals surface area contributed by atoms with Gasteiger partial charge in [0.05, 0.1) is 6.61 Å². The van der Waals surface area contributed by atoms with Crippen molar-refractivity contribution in [1.29, 1.82) is 0 Å². The van der Waals surface area contributed by atoms with Gasteiger partial charge >= 0.3 is 19.8 Å². The van der Waals surface area contributed by atoms with Crippen LogP contribution in [0.5, 0.6) is 0 Å². The van der Waals surface area contributed by atoms with Crippen molar-refractivity contribution >= 4 is 19.8 Å². The monoisotopic (exact) mass is 931 g/mol. The third kappa shape index (κ3) is 31.9. The molecule has 0 bridgehead atoms. The van der Waals surface area contributed by atoms with E-state index >= 15 is 0 Å². The van der Waals surface area contributed by atoms with Crippen LogP contribution >= 0.6 is 7.82 Å². The third-order valence-corrected chi connectivity index (χ3v) is 12.7. The summed E-state index contributed by atoms with van der Waals surface area (Å²) in [6, 6.07) is 0. The lowest BCUT2D eigenvalue weighted by atomic mass is 9.85. The van der Waals surface area contributed by atoms with Crippen molar-refractivity contribution < 1.29 is 63.1 Å². The van der Waals surface area contributed by atoms with Gasteiger partial charge in [0.1, 0.15) is 43.2 Å². The summed E-state index contributed by atoms with van der Waals surface area (Å²) in [6.45, 7) is 3.28. The Hall–Kier alpha value is -1.93. The first-order chi connectivity index (χ1) is 30.9. The Labute approximate surface area is 387 Å². The Balaban J connectivity index is 2.42. The number of aliphatic hydroxyl groups excluding tert-OH is 5. The maximum Gasteiger partial charge on any atom is 0.472 e. The zero-order chi connectivity index (χ0) is 47.1. The molecule has 6 atom stereocenters. The van der Waals surface area contributed by atoms with E-state index in [4.69, 9.17) is 18.5 Å². The van der Waals surface area contributed by atoms with Crippen LogP contribution in [0.4, 0.5) is 0 Å². The molecule has 1 saturated carbocycles. The van der Waals surface area contributed by atoms with E-state index in [1.807, 2.05) is 0 Å². The number of phosphoric ester groups is 1. The second kappa shape index (κ2) is 40.2. The second-order valence-electron chi connectivity index (χ2n) is 17.7. The molecule has 0 aliphatic heterocycles. The van der Waals surface area contributed by atoms with Gasteiger partial charge in [-0.25, -0.2) is 4.57 Å². The zero-order valence-corrected chi connectivity index (χ0v) is 40.7. The number of phosphoric acid groups is 1. The second-order valence-corrected chi connectivity index (χ2v) is 19.1. The maximum absolute atomic E-state index is 12.8. The average Bonchev–Trinajstić information content (AvgIpc) is 3.28. The standard InChI is InChI=1S/C50H91O13P/c1-3-5-7-9-11-13-15-17-19-21-22-23-25-27-29-31-33-35-37-39-44(52)62-42(41-61-64(58,59)63-50-48(56)46(54)45(53)47(55)49(50)57)40-60-43(51)38-36-34-32-30-28-26-24-20-18-16-14-12-10-8-6-4-2/h11,13,17,19-20,24,42,45-50,53-57H,3-10,12,14-16,18,21-23,25-41H2,1-2H3,(H,58,59)/b13-11-,19-17-,24-20-. The number of allylic oxidation sites excluding steroid dienone is 6. The molecule has 1 aliphatic carbocycles. The molecule has 0 heterocycles. The number of unbranched alkanes of at least 4 members (excludes halogenated alkanes) is 24. The summed E-state index contributed by atoms with van der Waals surface area (Å²) in [4.78, 5) is 35.8. The summed E-state index contributed by atoms with van der Waals surface area (Å²) < 4.78 is 33.6. The van der Waals surface area contributed by atoms with Gasteiger partial charge in [-0.2, -0.15) is 0 Å². The van der Waals surface area contributed by atoms with Crippen LogP contribution in [-0.2, 0) is 32.7 Å². The quantitative estimate of drug-likeness (QED) is 0.0146. The molecule has 0 amide bonds. The van der Waals surface area contributed by atoms with E-state index in [1.54, 1.807) is 0 Å². The van der Waals surface area contributed by atoms with Crippen molar-refractivity contribution in [3.63, 3.8) is 0 Å². The predicted molar refractivity (Wildman–Crippen MR) is 253 cm³/mol. The SMILES string of the molecule is CCCCC/C=C\C/C=C\CCCCCCCCCCCC(=O)OC(COC(=O)CCCCCCC/C=C\CCCCCCCCC)COP(=O)(O)OC1C(O)C(O)C(O)C(O)C1O. The highest BCUT2D eigenvalue weighted by Gasteiger charge is 2.51. The number of rotatable bonds is 42. The van der Waals surface area contributed by atoms with Gasteiger partial charge in [-0.3, -0.25) is 18.6 Å². The molecule has 0 radical (unpaired) electrons. The maximum atomic E-state index is 12.8. The molecule has 1 fully saturated rings. The molecule has 1 aliphatic rings. The predicted octanol–water partition coefficient (Wildman–Crippen LogP) is 10.6. The molecule has 374 valence electrons. The molecule has 64 heavy (non-hydrogen) atoms. The Morgan fingerprint density at radius 1 is 0.484 bits per heavy atom. The number of esters is 2. The van der Waals surface area contributed by atoms with E-state index in [2.05, 4.69) is 50.3 Å². The molecule has 6 unspecified atom stereocenters. The molecule has 0 spiro atoms. The van der Waals surface area contributed by atoms with Gasteiger partial charge in [-0.15, -0.1) is 0 Å². The Bertz CT molecular complexity index is 1260. The average molecular weight is 931 g/mol. The minimum atomic E-state index is -5.12. The van der Waals surface area contributed by atoms with Crippen molar-refractivity contribution in [3.8, 4) is 0 Å². The van der Waals surface area contributed by atoms with Crippen LogP contribution in [0.25, 0.3) is 0 Å². The summed E-state index contributed by atoms with van der Waals surface area (Å²) in [6.07, 6.45) is 33.3. The molecule has 6 N–H and O–H groups in total. The Morgan fingerprint density at radius 2 is 0.844 bits per heavy atom. The molecular weight excluding hydrogens is 840 g/mol. The topological polar surface area (TPSA) is 210 Å². The number of carbonyl (C=O) groups excluding carboxylic acids is 2. The van der Waals surface area contributed by atoms with Crippen LogP contribution in [0.15, 0.2) is 36.5 Å². The first-order valence-corrected chi connectivity index (χ1v) is 26.8. The number of hydrogen-bond donors (Lipinski definition) is 6. The highest BCUT2D eigenvalue weighted by molar-refractivity contribution is 7.47. The fourth-order valence-electron chi connectivity index (χ4n) is 7.61. The fraction of sp³-hybridized carbons (Fsp3) is 0.840. The Morgan fingerprint density at radius 3 is 1.31 bits per heavy atom. The van der Waals surface area contributed by atoms with Gasteiger partial charge in [0.2, 0.25) is 0 Å². The van der Waals surface area contributed by atoms with Gasteiger partial charge in [-0.05, 0) is 70.6 Å². The summed E-state index contributed by atoms with van der Waals surface area (Å²) in [5.41, 5.74) is 0. The smallest absolute Gasteiger partial charge is 0.462 e. The van der Waals surface area contributed by atoms with E-state index in [9.17, 15) is 44.6 Å². The summed E-state index contributed by atoms with van der Waals surface area (Å²) in [5, 5.41) is 50.2. The van der Waals surface area contributed by atoms with Crippen LogP contribution < -0.4 is 0 Å². The summed E-state index contributed by atoms with van der Waals surface area (Å²) >= 11 is 0. The number of ether oxygens (including phenoxy) is 2. The van der Waals surface area contributed by atoms with Crippen LogP contribution in [-0.4, -0.2) is 98.3 Å². The first kappa shape index (κ1) is 60.1. The number of hydrogen-bond acceptors (Lipinski definition) is 12. The normalized spacial score (nSPS) is 21.8. The lowest BCUT2D eigenvalue weighted by molar-refractivity contribution is -0.220. The molecule has 0 aromatic heterocycles. The van der Waals surface area contributed by atoms with Crippen molar-refractivity contribution in [3.05, 3.63) is 36.5 Å². The highest BCUT2D eigenvalue weighted by Crippen LogP contribution is 2.47. The molecule has 14 heteroatoms. The minimum Gasteiger partial charge on any atom is -0.462 e. The van der Waals surface area contributed by atoms with Gasteiger partial charge in [-0.1, -0.05) is 166 Å². The Kier molecular flexibility index (Phi) is 37.7. The van der Waals surface area contributed by atoms with Crippen molar-refractivity contribution in [2.24, 2.45) is 0 Å². The van der Waals surface area contributed by atoms with Crippen LogP contribution in [0, 0.1) is 0 Å². The van der Waals surface area contributed by atoms with E-state index in [1.165, 1.54) is 96.3 Å². The zero-order valence-electron chi connectivity index (χ0n) is 39.8. The van der Waals surface area contributed by atoms with E-state index in [-0.39, 0.29) is 12.8 Å². The van der Waals surface area contributed by atoms with Crippen molar-refractivity contribution in [2.45, 2.75) is 256 Å². The number of aliphatic hydroxyl groups is 5. The van der Waals surface area contributed by atoms with Crippen LogP contribution in [0.2, 0.25) is 0 Å². The van der Waals surface area contributed by atoms with Crippen molar-refractivity contribution in [1.82, 2.24) is 0 Å². The molecule has 0 aromatic rings. The largest absolute Gasteiger partial charge is 0.472 e. The molecular formula is C50H91O13P. The molecule has 0 aromatic carbocycles. The van der Waals surface area contributed by atoms with Gasteiger partial charge in [0, 0.05) is 12.8 Å². The highest BCUT2D eigenvalue weighted by atomic mass is 31.2. The minimum absolute atomic E-state index is 0.0907. The van der Waals surface area contributed by atoms with Gasteiger partial charge in [0.25, 0.3) is 0 Å². The lowest BCUT2D eigenvalue weighted by Crippen LogP contribution is -2.64. The van der Waals surface area contributed by atoms with Gasteiger partial charge < -0.3 is 39.9 Å². The molecule has 13 nitrogen and oxygen atoms in total. The fourth-order valence-corrected chi connectivity index (χ4v) is 8.58. The van der Waals surface area contributed by atoms with E-state index in [0.717, 1.165) is 77.0 Å². The molecule has 1 rings (SSSR count).